The molecule has 1 spiro atoms. The molecular weight excluding hydrogens is 451 g/mol. The lowest BCUT2D eigenvalue weighted by Gasteiger charge is -2.50. The Kier molecular flexibility index (Phi) is 7.57. The molecule has 0 aliphatic carbocycles. The highest BCUT2D eigenvalue weighted by Crippen LogP contribution is 2.42. The Hall–Kier alpha value is -2.44. The van der Waals surface area contributed by atoms with Crippen LogP contribution in [-0.2, 0) is 16.1 Å². The number of hydrogen-bond donors (Lipinski definition) is 2. The SMILES string of the molecule is Cc1ccsc1CN1CC2(C1)OCCC2CCNC(=O)c1ccno1.O=C(O)C(F)(F)F. The second-order valence-corrected chi connectivity index (χ2v) is 8.80. The molecule has 4 rings (SSSR count). The highest BCUT2D eigenvalue weighted by Gasteiger charge is 2.52. The van der Waals surface area contributed by atoms with Crippen LogP contribution in [0.1, 0.15) is 33.8 Å². The summed E-state index contributed by atoms with van der Waals surface area (Å²) in [5.74, 6) is -2.19. The summed E-state index contributed by atoms with van der Waals surface area (Å²) in [5, 5.41) is 15.8. The number of rotatable bonds is 6. The van der Waals surface area contributed by atoms with Crippen LogP contribution in [0.2, 0.25) is 0 Å². The number of carbonyl (C=O) groups is 2. The lowest BCUT2D eigenvalue weighted by Crippen LogP contribution is -2.64. The molecule has 2 aliphatic heterocycles. The lowest BCUT2D eigenvalue weighted by atomic mass is 9.79. The summed E-state index contributed by atoms with van der Waals surface area (Å²) in [6, 6.07) is 3.76. The minimum absolute atomic E-state index is 0.0118. The molecule has 1 unspecified atom stereocenters. The molecule has 2 N–H and O–H groups in total. The van der Waals surface area contributed by atoms with E-state index in [1.54, 1.807) is 6.07 Å². The number of amides is 1. The van der Waals surface area contributed by atoms with Crippen molar-refractivity contribution in [2.75, 3.05) is 26.2 Å². The summed E-state index contributed by atoms with van der Waals surface area (Å²) in [6.45, 7) is 6.64. The van der Waals surface area contributed by atoms with Crippen LogP contribution in [0.15, 0.2) is 28.2 Å². The molecule has 2 saturated heterocycles. The van der Waals surface area contributed by atoms with Gasteiger partial charge in [-0.05, 0) is 42.7 Å². The zero-order valence-corrected chi connectivity index (χ0v) is 18.2. The summed E-state index contributed by atoms with van der Waals surface area (Å²) >= 11 is 1.83. The van der Waals surface area contributed by atoms with Gasteiger partial charge in [0.05, 0.1) is 11.8 Å². The number of ether oxygens (including phenoxy) is 1. The first-order chi connectivity index (χ1) is 15.1. The third kappa shape index (κ3) is 5.87. The molecule has 0 bridgehead atoms. The third-order valence-corrected chi connectivity index (χ3v) is 6.61. The highest BCUT2D eigenvalue weighted by molar-refractivity contribution is 7.10. The Morgan fingerprint density at radius 1 is 1.38 bits per heavy atom. The molecule has 12 heteroatoms. The van der Waals surface area contributed by atoms with Crippen LogP contribution in [-0.4, -0.2) is 65.1 Å². The summed E-state index contributed by atoms with van der Waals surface area (Å²) < 4.78 is 42.7. The van der Waals surface area contributed by atoms with E-state index in [2.05, 4.69) is 33.7 Å². The minimum Gasteiger partial charge on any atom is -0.475 e. The number of carboxylic acids is 1. The van der Waals surface area contributed by atoms with Crippen molar-refractivity contribution in [2.45, 2.75) is 38.1 Å². The summed E-state index contributed by atoms with van der Waals surface area (Å²) in [6.07, 6.45) is -1.59. The van der Waals surface area contributed by atoms with E-state index < -0.39 is 12.1 Å². The molecule has 0 saturated carbocycles. The Bertz CT molecular complexity index is 910. The van der Waals surface area contributed by atoms with E-state index in [0.717, 1.165) is 39.1 Å². The first kappa shape index (κ1) is 24.2. The molecule has 2 aromatic rings. The Balaban J connectivity index is 0.000000360. The number of likely N-dealkylation sites (tertiary alicyclic amines) is 1. The number of aryl methyl sites for hydroxylation is 1. The normalized spacial score (nSPS) is 19.8. The van der Waals surface area contributed by atoms with Gasteiger partial charge in [0.25, 0.3) is 5.91 Å². The van der Waals surface area contributed by atoms with Gasteiger partial charge in [-0.1, -0.05) is 5.16 Å². The fourth-order valence-corrected chi connectivity index (χ4v) is 4.86. The van der Waals surface area contributed by atoms with Gasteiger partial charge in [0, 0.05) is 43.7 Å². The van der Waals surface area contributed by atoms with Gasteiger partial charge in [-0.15, -0.1) is 11.3 Å². The quantitative estimate of drug-likeness (QED) is 0.662. The van der Waals surface area contributed by atoms with Crippen LogP contribution in [0.25, 0.3) is 0 Å². The van der Waals surface area contributed by atoms with Crippen LogP contribution in [0.3, 0.4) is 0 Å². The molecular formula is C20H24F3N3O5S. The molecule has 0 aromatic carbocycles. The smallest absolute Gasteiger partial charge is 0.475 e. The zero-order chi connectivity index (χ0) is 23.4. The first-order valence-corrected chi connectivity index (χ1v) is 10.9. The van der Waals surface area contributed by atoms with Crippen LogP contribution in [0.5, 0.6) is 0 Å². The molecule has 2 aromatic heterocycles. The van der Waals surface area contributed by atoms with Crippen LogP contribution >= 0.6 is 11.3 Å². The second kappa shape index (κ2) is 10.0. The number of alkyl halides is 3. The topological polar surface area (TPSA) is 105 Å². The van der Waals surface area contributed by atoms with Crippen LogP contribution in [0.4, 0.5) is 13.2 Å². The van der Waals surface area contributed by atoms with E-state index in [9.17, 15) is 18.0 Å². The molecule has 176 valence electrons. The number of aromatic nitrogens is 1. The number of thiophene rings is 1. The first-order valence-electron chi connectivity index (χ1n) is 9.99. The van der Waals surface area contributed by atoms with Crippen molar-refractivity contribution in [3.8, 4) is 0 Å². The van der Waals surface area contributed by atoms with Crippen molar-refractivity contribution in [1.29, 1.82) is 0 Å². The maximum Gasteiger partial charge on any atom is 0.490 e. The molecule has 8 nitrogen and oxygen atoms in total. The van der Waals surface area contributed by atoms with Crippen molar-refractivity contribution in [3.05, 3.63) is 39.9 Å². The van der Waals surface area contributed by atoms with Crippen molar-refractivity contribution < 1.29 is 37.1 Å². The van der Waals surface area contributed by atoms with Gasteiger partial charge in [-0.3, -0.25) is 9.69 Å². The lowest BCUT2D eigenvalue weighted by molar-refractivity contribution is -0.192. The number of hydrogen-bond acceptors (Lipinski definition) is 7. The summed E-state index contributed by atoms with van der Waals surface area (Å²) in [4.78, 5) is 24.7. The van der Waals surface area contributed by atoms with Gasteiger partial charge in [-0.2, -0.15) is 13.2 Å². The number of nitrogens with zero attached hydrogens (tertiary/aromatic N) is 2. The van der Waals surface area contributed by atoms with E-state index in [1.165, 1.54) is 16.6 Å². The number of halogens is 3. The fourth-order valence-electron chi connectivity index (χ4n) is 3.91. The second-order valence-electron chi connectivity index (χ2n) is 7.79. The third-order valence-electron chi connectivity index (χ3n) is 5.60. The fraction of sp³-hybridized carbons (Fsp3) is 0.550. The van der Waals surface area contributed by atoms with Crippen molar-refractivity contribution in [1.82, 2.24) is 15.4 Å². The number of aliphatic carboxylic acids is 1. The zero-order valence-electron chi connectivity index (χ0n) is 17.4. The van der Waals surface area contributed by atoms with Gasteiger partial charge < -0.3 is 19.7 Å². The van der Waals surface area contributed by atoms with Crippen molar-refractivity contribution in [2.24, 2.45) is 5.92 Å². The van der Waals surface area contributed by atoms with E-state index >= 15 is 0 Å². The van der Waals surface area contributed by atoms with Gasteiger partial charge in [0.15, 0.2) is 0 Å². The van der Waals surface area contributed by atoms with Crippen LogP contribution < -0.4 is 5.32 Å². The van der Waals surface area contributed by atoms with Gasteiger partial charge >= 0.3 is 12.1 Å². The predicted octanol–water partition coefficient (Wildman–Crippen LogP) is 3.09. The van der Waals surface area contributed by atoms with E-state index in [-0.39, 0.29) is 17.3 Å². The molecule has 1 atom stereocenters. The maximum atomic E-state index is 11.9. The minimum atomic E-state index is -5.08. The average Bonchev–Trinajstić information content (AvgIpc) is 3.43. The molecule has 2 aliphatic rings. The largest absolute Gasteiger partial charge is 0.490 e. The van der Waals surface area contributed by atoms with Gasteiger partial charge in [-0.25, -0.2) is 4.79 Å². The van der Waals surface area contributed by atoms with Crippen molar-refractivity contribution in [3.63, 3.8) is 0 Å². The molecule has 32 heavy (non-hydrogen) atoms. The summed E-state index contributed by atoms with van der Waals surface area (Å²) in [7, 11) is 0. The van der Waals surface area contributed by atoms with Gasteiger partial charge in [0.2, 0.25) is 5.76 Å². The van der Waals surface area contributed by atoms with E-state index in [1.807, 2.05) is 11.3 Å². The van der Waals surface area contributed by atoms with Crippen molar-refractivity contribution >= 4 is 23.2 Å². The summed E-state index contributed by atoms with van der Waals surface area (Å²) in [5.41, 5.74) is 1.37. The Labute approximate surface area is 186 Å². The average molecular weight is 475 g/mol. The maximum absolute atomic E-state index is 11.9. The van der Waals surface area contributed by atoms with E-state index in [0.29, 0.717) is 12.5 Å². The highest BCUT2D eigenvalue weighted by atomic mass is 32.1. The standard InChI is InChI=1S/C18H23N3O3S.C2HF3O2/c1-13-5-9-25-16(13)10-21-11-18(12-21)14(4-8-23-18)2-6-19-17(22)15-3-7-20-24-15;3-2(4,5)1(6)7/h3,5,7,9,14H,2,4,6,8,10-12H2,1H3,(H,19,22);(H,6,7). The number of carboxylic acid groups (broad SMARTS) is 1. The Morgan fingerprint density at radius 3 is 2.66 bits per heavy atom. The Morgan fingerprint density at radius 2 is 2.09 bits per heavy atom. The number of carbonyl (C=O) groups excluding carboxylic acids is 1. The molecule has 4 heterocycles. The van der Waals surface area contributed by atoms with E-state index in [4.69, 9.17) is 19.2 Å². The monoisotopic (exact) mass is 475 g/mol. The molecule has 0 radical (unpaired) electrons. The van der Waals surface area contributed by atoms with Crippen LogP contribution in [0, 0.1) is 12.8 Å². The van der Waals surface area contributed by atoms with Gasteiger partial charge in [0.1, 0.15) is 0 Å². The number of nitrogens with one attached hydrogen (secondary N) is 1. The molecule has 2 fully saturated rings. The molecule has 1 amide bonds. The predicted molar refractivity (Wildman–Crippen MR) is 108 cm³/mol.